The Bertz CT molecular complexity index is 538. The SMILES string of the molecule is CCNC(=O)NCC1CCN(Cc2c(Cl)ccc(C)c2F)C1. The number of urea groups is 1. The van der Waals surface area contributed by atoms with E-state index in [1.807, 2.05) is 6.92 Å². The van der Waals surface area contributed by atoms with E-state index < -0.39 is 0 Å². The fourth-order valence-electron chi connectivity index (χ4n) is 2.77. The second-order valence-electron chi connectivity index (χ2n) is 5.79. The summed E-state index contributed by atoms with van der Waals surface area (Å²) in [4.78, 5) is 13.6. The van der Waals surface area contributed by atoms with Crippen LogP contribution in [0, 0.1) is 18.7 Å². The number of rotatable bonds is 5. The largest absolute Gasteiger partial charge is 0.338 e. The predicted molar refractivity (Wildman–Crippen MR) is 86.6 cm³/mol. The third-order valence-electron chi connectivity index (χ3n) is 4.02. The summed E-state index contributed by atoms with van der Waals surface area (Å²) >= 11 is 6.12. The highest BCUT2D eigenvalue weighted by Crippen LogP contribution is 2.26. The third kappa shape index (κ3) is 4.34. The van der Waals surface area contributed by atoms with E-state index in [0.29, 0.717) is 41.7 Å². The predicted octanol–water partition coefficient (Wildman–Crippen LogP) is 2.93. The summed E-state index contributed by atoms with van der Waals surface area (Å²) in [6, 6.07) is 3.32. The minimum absolute atomic E-state index is 0.131. The van der Waals surface area contributed by atoms with Crippen molar-refractivity contribution in [1.29, 1.82) is 0 Å². The first-order chi connectivity index (χ1) is 10.5. The first kappa shape index (κ1) is 17.0. The number of carbonyl (C=O) groups is 1. The normalized spacial score (nSPS) is 18.5. The van der Waals surface area contributed by atoms with E-state index in [1.165, 1.54) is 0 Å². The monoisotopic (exact) mass is 327 g/mol. The molecule has 2 N–H and O–H groups in total. The number of nitrogens with zero attached hydrogens (tertiary/aromatic N) is 1. The molecule has 1 heterocycles. The number of likely N-dealkylation sites (tertiary alicyclic amines) is 1. The van der Waals surface area contributed by atoms with Crippen LogP contribution in [0.25, 0.3) is 0 Å². The van der Waals surface area contributed by atoms with Crippen LogP contribution in [0.5, 0.6) is 0 Å². The Labute approximate surface area is 136 Å². The minimum Gasteiger partial charge on any atom is -0.338 e. The molecule has 1 aromatic carbocycles. The van der Waals surface area contributed by atoms with Crippen LogP contribution in [-0.2, 0) is 6.54 Å². The van der Waals surface area contributed by atoms with E-state index in [9.17, 15) is 9.18 Å². The molecule has 22 heavy (non-hydrogen) atoms. The second kappa shape index (κ2) is 7.79. The van der Waals surface area contributed by atoms with Gasteiger partial charge in [-0.05, 0) is 44.4 Å². The Morgan fingerprint density at radius 1 is 1.45 bits per heavy atom. The first-order valence-corrected chi connectivity index (χ1v) is 8.06. The molecule has 6 heteroatoms. The van der Waals surface area contributed by atoms with Gasteiger partial charge < -0.3 is 10.6 Å². The van der Waals surface area contributed by atoms with Crippen LogP contribution in [0.4, 0.5) is 9.18 Å². The van der Waals surface area contributed by atoms with Gasteiger partial charge in [0.1, 0.15) is 5.82 Å². The zero-order valence-corrected chi connectivity index (χ0v) is 13.8. The fraction of sp³-hybridized carbons (Fsp3) is 0.562. The zero-order chi connectivity index (χ0) is 16.1. The average molecular weight is 328 g/mol. The molecule has 0 aliphatic carbocycles. The van der Waals surface area contributed by atoms with E-state index in [2.05, 4.69) is 15.5 Å². The van der Waals surface area contributed by atoms with Crippen LogP contribution < -0.4 is 10.6 Å². The van der Waals surface area contributed by atoms with Gasteiger partial charge in [0.15, 0.2) is 0 Å². The standard InChI is InChI=1S/C16H23ClFN3O/c1-3-19-16(22)20-8-12-6-7-21(9-12)10-13-14(17)5-4-11(2)15(13)18/h4-5,12H,3,6-10H2,1-2H3,(H2,19,20,22). The molecule has 1 aliphatic heterocycles. The van der Waals surface area contributed by atoms with Crippen LogP contribution in [0.1, 0.15) is 24.5 Å². The summed E-state index contributed by atoms with van der Waals surface area (Å²) in [6.45, 7) is 7.15. The number of hydrogen-bond acceptors (Lipinski definition) is 2. The van der Waals surface area contributed by atoms with E-state index in [0.717, 1.165) is 19.5 Å². The van der Waals surface area contributed by atoms with Gasteiger partial charge in [0.25, 0.3) is 0 Å². The number of carbonyl (C=O) groups excluding carboxylic acids is 1. The van der Waals surface area contributed by atoms with Gasteiger partial charge in [-0.25, -0.2) is 9.18 Å². The molecule has 1 aromatic rings. The molecule has 0 bridgehead atoms. The molecular weight excluding hydrogens is 305 g/mol. The molecule has 2 amide bonds. The summed E-state index contributed by atoms with van der Waals surface area (Å²) in [5, 5.41) is 6.05. The molecule has 0 aromatic heterocycles. The van der Waals surface area contributed by atoms with Gasteiger partial charge in [0.2, 0.25) is 0 Å². The van der Waals surface area contributed by atoms with E-state index >= 15 is 0 Å². The summed E-state index contributed by atoms with van der Waals surface area (Å²) in [5.74, 6) is 0.186. The molecular formula is C16H23ClFN3O. The molecule has 1 unspecified atom stereocenters. The Balaban J connectivity index is 1.87. The van der Waals surface area contributed by atoms with E-state index in [-0.39, 0.29) is 11.8 Å². The van der Waals surface area contributed by atoms with Gasteiger partial charge in [-0.2, -0.15) is 0 Å². The molecule has 1 saturated heterocycles. The van der Waals surface area contributed by atoms with Crippen molar-refractivity contribution in [1.82, 2.24) is 15.5 Å². The highest BCUT2D eigenvalue weighted by Gasteiger charge is 2.24. The molecule has 2 rings (SSSR count). The Morgan fingerprint density at radius 3 is 2.95 bits per heavy atom. The maximum absolute atomic E-state index is 14.2. The van der Waals surface area contributed by atoms with Gasteiger partial charge in [0, 0.05) is 36.8 Å². The lowest BCUT2D eigenvalue weighted by Gasteiger charge is -2.18. The van der Waals surface area contributed by atoms with Crippen molar-refractivity contribution >= 4 is 17.6 Å². The summed E-state index contributed by atoms with van der Waals surface area (Å²) < 4.78 is 14.2. The quantitative estimate of drug-likeness (QED) is 0.873. The molecule has 4 nitrogen and oxygen atoms in total. The van der Waals surface area contributed by atoms with Crippen molar-refractivity contribution in [2.24, 2.45) is 5.92 Å². The number of halogens is 2. The lowest BCUT2D eigenvalue weighted by Crippen LogP contribution is -2.38. The second-order valence-corrected chi connectivity index (χ2v) is 6.19. The third-order valence-corrected chi connectivity index (χ3v) is 4.37. The smallest absolute Gasteiger partial charge is 0.314 e. The first-order valence-electron chi connectivity index (χ1n) is 7.68. The van der Waals surface area contributed by atoms with Crippen LogP contribution >= 0.6 is 11.6 Å². The maximum Gasteiger partial charge on any atom is 0.314 e. The van der Waals surface area contributed by atoms with E-state index in [4.69, 9.17) is 11.6 Å². The van der Waals surface area contributed by atoms with Crippen LogP contribution in [-0.4, -0.2) is 37.1 Å². The fourth-order valence-corrected chi connectivity index (χ4v) is 2.97. The maximum atomic E-state index is 14.2. The van der Waals surface area contributed by atoms with Crippen molar-refractivity contribution in [2.75, 3.05) is 26.2 Å². The van der Waals surface area contributed by atoms with Gasteiger partial charge in [-0.15, -0.1) is 0 Å². The number of nitrogens with one attached hydrogen (secondary N) is 2. The van der Waals surface area contributed by atoms with Crippen molar-refractivity contribution in [3.8, 4) is 0 Å². The van der Waals surface area contributed by atoms with Crippen LogP contribution in [0.3, 0.4) is 0 Å². The molecule has 122 valence electrons. The van der Waals surface area contributed by atoms with Crippen molar-refractivity contribution < 1.29 is 9.18 Å². The lowest BCUT2D eigenvalue weighted by atomic mass is 10.1. The molecule has 1 fully saturated rings. The van der Waals surface area contributed by atoms with Crippen molar-refractivity contribution in [3.63, 3.8) is 0 Å². The highest BCUT2D eigenvalue weighted by molar-refractivity contribution is 6.31. The van der Waals surface area contributed by atoms with Crippen LogP contribution in [0.2, 0.25) is 5.02 Å². The molecule has 1 aliphatic rings. The summed E-state index contributed by atoms with van der Waals surface area (Å²) in [6.07, 6.45) is 0.997. The summed E-state index contributed by atoms with van der Waals surface area (Å²) in [7, 11) is 0. The van der Waals surface area contributed by atoms with Crippen molar-refractivity contribution in [2.45, 2.75) is 26.8 Å². The summed E-state index contributed by atoms with van der Waals surface area (Å²) in [5.41, 5.74) is 1.19. The van der Waals surface area contributed by atoms with Gasteiger partial charge in [-0.3, -0.25) is 4.90 Å². The molecule has 1 atom stereocenters. The highest BCUT2D eigenvalue weighted by atomic mass is 35.5. The van der Waals surface area contributed by atoms with E-state index in [1.54, 1.807) is 19.1 Å². The molecule has 0 spiro atoms. The Morgan fingerprint density at radius 2 is 2.23 bits per heavy atom. The van der Waals surface area contributed by atoms with Crippen LogP contribution in [0.15, 0.2) is 12.1 Å². The Hall–Kier alpha value is -1.33. The number of aryl methyl sites for hydroxylation is 1. The van der Waals surface area contributed by atoms with Gasteiger partial charge >= 0.3 is 6.03 Å². The van der Waals surface area contributed by atoms with Gasteiger partial charge in [-0.1, -0.05) is 17.7 Å². The zero-order valence-electron chi connectivity index (χ0n) is 13.1. The average Bonchev–Trinajstić information content (AvgIpc) is 2.94. The number of amides is 2. The number of benzene rings is 1. The minimum atomic E-state index is -0.212. The lowest BCUT2D eigenvalue weighted by molar-refractivity contribution is 0.239. The number of hydrogen-bond donors (Lipinski definition) is 2. The molecule has 0 saturated carbocycles. The van der Waals surface area contributed by atoms with Crippen molar-refractivity contribution in [3.05, 3.63) is 34.1 Å². The Kier molecular flexibility index (Phi) is 6.03. The topological polar surface area (TPSA) is 44.4 Å². The van der Waals surface area contributed by atoms with Gasteiger partial charge in [0.05, 0.1) is 0 Å². The molecule has 0 radical (unpaired) electrons.